The minimum Gasteiger partial charge on any atom is -0.382 e. The van der Waals surface area contributed by atoms with Crippen LogP contribution in [0.1, 0.15) is 25.7 Å². The number of rotatable bonds is 4. The summed E-state index contributed by atoms with van der Waals surface area (Å²) in [5.74, 6) is 0.102. The summed E-state index contributed by atoms with van der Waals surface area (Å²) in [6.45, 7) is 2.96. The Hall–Kier alpha value is -2.65. The number of para-hydroxylation sites is 1. The normalized spacial score (nSPS) is 21.3. The third-order valence-electron chi connectivity index (χ3n) is 5.68. The van der Waals surface area contributed by atoms with Gasteiger partial charge in [0.1, 0.15) is 6.04 Å². The number of anilines is 1. The van der Waals surface area contributed by atoms with Gasteiger partial charge in [0.25, 0.3) is 0 Å². The summed E-state index contributed by atoms with van der Waals surface area (Å²) in [7, 11) is 0. The number of likely N-dealkylation sites (tertiary alicyclic amines) is 2. The van der Waals surface area contributed by atoms with Gasteiger partial charge in [0.05, 0.1) is 18.1 Å². The van der Waals surface area contributed by atoms with E-state index in [1.54, 1.807) is 4.90 Å². The maximum Gasteiger partial charge on any atom is 0.237 e. The van der Waals surface area contributed by atoms with E-state index in [9.17, 15) is 10.1 Å². The molecule has 1 aromatic carbocycles. The van der Waals surface area contributed by atoms with Crippen LogP contribution in [0.15, 0.2) is 36.5 Å². The molecule has 1 aromatic heterocycles. The number of nitrogens with one attached hydrogen (secondary N) is 1. The molecular formula is C21H25N5O. The molecule has 1 unspecified atom stereocenters. The van der Waals surface area contributed by atoms with E-state index < -0.39 is 0 Å². The van der Waals surface area contributed by atoms with E-state index in [2.05, 4.69) is 27.3 Å². The van der Waals surface area contributed by atoms with Gasteiger partial charge in [-0.1, -0.05) is 18.2 Å². The summed E-state index contributed by atoms with van der Waals surface area (Å²) in [6, 6.07) is 12.6. The number of carbonyl (C=O) groups excluding carboxylic acids is 1. The van der Waals surface area contributed by atoms with Crippen molar-refractivity contribution in [3.63, 3.8) is 0 Å². The number of nitriles is 1. The van der Waals surface area contributed by atoms with Crippen LogP contribution < -0.4 is 5.32 Å². The van der Waals surface area contributed by atoms with Crippen molar-refractivity contribution >= 4 is 22.5 Å². The molecule has 1 N–H and O–H groups in total. The average molecular weight is 363 g/mol. The van der Waals surface area contributed by atoms with Gasteiger partial charge in [0.2, 0.25) is 5.91 Å². The lowest BCUT2D eigenvalue weighted by Gasteiger charge is -2.33. The van der Waals surface area contributed by atoms with Crippen LogP contribution in [-0.4, -0.2) is 59.0 Å². The van der Waals surface area contributed by atoms with Crippen molar-refractivity contribution in [2.45, 2.75) is 37.8 Å². The maximum atomic E-state index is 12.5. The molecule has 27 heavy (non-hydrogen) atoms. The lowest BCUT2D eigenvalue weighted by atomic mass is 10.0. The van der Waals surface area contributed by atoms with E-state index in [-0.39, 0.29) is 11.9 Å². The lowest BCUT2D eigenvalue weighted by Crippen LogP contribution is -2.46. The molecule has 0 radical (unpaired) electrons. The molecule has 6 heteroatoms. The molecule has 2 aromatic rings. The molecule has 0 saturated carbocycles. The molecule has 0 bridgehead atoms. The van der Waals surface area contributed by atoms with Crippen LogP contribution in [-0.2, 0) is 4.79 Å². The third kappa shape index (κ3) is 3.88. The first-order chi connectivity index (χ1) is 13.2. The van der Waals surface area contributed by atoms with Gasteiger partial charge in [-0.15, -0.1) is 0 Å². The van der Waals surface area contributed by atoms with E-state index in [1.807, 2.05) is 30.5 Å². The van der Waals surface area contributed by atoms with Crippen LogP contribution in [0.25, 0.3) is 10.9 Å². The Morgan fingerprint density at radius 2 is 2.00 bits per heavy atom. The van der Waals surface area contributed by atoms with Gasteiger partial charge in [-0.05, 0) is 37.8 Å². The second-order valence-electron chi connectivity index (χ2n) is 7.44. The fourth-order valence-corrected chi connectivity index (χ4v) is 4.16. The van der Waals surface area contributed by atoms with Crippen LogP contribution in [0.4, 0.5) is 5.69 Å². The molecule has 140 valence electrons. The first-order valence-corrected chi connectivity index (χ1v) is 9.76. The summed E-state index contributed by atoms with van der Waals surface area (Å²) in [6.07, 6.45) is 5.61. The molecule has 2 fully saturated rings. The van der Waals surface area contributed by atoms with Gasteiger partial charge < -0.3 is 10.2 Å². The van der Waals surface area contributed by atoms with Crippen LogP contribution >= 0.6 is 0 Å². The molecule has 1 amide bonds. The molecule has 4 rings (SSSR count). The number of benzene rings is 1. The van der Waals surface area contributed by atoms with Crippen LogP contribution in [0, 0.1) is 11.3 Å². The molecule has 0 spiro atoms. The van der Waals surface area contributed by atoms with Gasteiger partial charge in [0, 0.05) is 42.9 Å². The molecule has 3 heterocycles. The zero-order valence-corrected chi connectivity index (χ0v) is 15.5. The van der Waals surface area contributed by atoms with Crippen molar-refractivity contribution in [3.05, 3.63) is 36.5 Å². The number of fused-ring (bicyclic) bond motifs is 1. The number of aromatic nitrogens is 1. The highest BCUT2D eigenvalue weighted by molar-refractivity contribution is 5.91. The van der Waals surface area contributed by atoms with Gasteiger partial charge in [-0.3, -0.25) is 14.7 Å². The number of pyridine rings is 1. The van der Waals surface area contributed by atoms with Crippen molar-refractivity contribution in [2.24, 2.45) is 0 Å². The fraction of sp³-hybridized carbons (Fsp3) is 0.476. The first kappa shape index (κ1) is 17.7. The van der Waals surface area contributed by atoms with E-state index >= 15 is 0 Å². The summed E-state index contributed by atoms with van der Waals surface area (Å²) in [5.41, 5.74) is 2.13. The minimum atomic E-state index is -0.225. The zero-order valence-electron chi connectivity index (χ0n) is 15.5. The third-order valence-corrected chi connectivity index (χ3v) is 5.68. The number of hydrogen-bond acceptors (Lipinski definition) is 5. The Kier molecular flexibility index (Phi) is 5.21. The number of nitrogens with zero attached hydrogens (tertiary/aromatic N) is 4. The first-order valence-electron chi connectivity index (χ1n) is 9.76. The highest BCUT2D eigenvalue weighted by atomic mass is 16.2. The predicted octanol–water partition coefficient (Wildman–Crippen LogP) is 2.63. The maximum absolute atomic E-state index is 12.5. The van der Waals surface area contributed by atoms with Crippen molar-refractivity contribution in [1.29, 1.82) is 5.26 Å². The van der Waals surface area contributed by atoms with Gasteiger partial charge in [-0.25, -0.2) is 0 Å². The summed E-state index contributed by atoms with van der Waals surface area (Å²) < 4.78 is 0. The number of amides is 1. The van der Waals surface area contributed by atoms with E-state index in [1.165, 1.54) is 0 Å². The molecule has 2 saturated heterocycles. The van der Waals surface area contributed by atoms with Gasteiger partial charge in [0.15, 0.2) is 0 Å². The Bertz CT molecular complexity index is 848. The number of carbonyl (C=O) groups is 1. The second-order valence-corrected chi connectivity index (χ2v) is 7.44. The van der Waals surface area contributed by atoms with Crippen LogP contribution in [0.2, 0.25) is 0 Å². The van der Waals surface area contributed by atoms with Crippen molar-refractivity contribution in [1.82, 2.24) is 14.8 Å². The smallest absolute Gasteiger partial charge is 0.237 e. The second kappa shape index (κ2) is 7.93. The minimum absolute atomic E-state index is 0.102. The number of piperidine rings is 1. The summed E-state index contributed by atoms with van der Waals surface area (Å²) in [5, 5.41) is 14.0. The van der Waals surface area contributed by atoms with Gasteiger partial charge in [-0.2, -0.15) is 5.26 Å². The monoisotopic (exact) mass is 363 g/mol. The Morgan fingerprint density at radius 3 is 2.81 bits per heavy atom. The van der Waals surface area contributed by atoms with E-state index in [0.717, 1.165) is 61.9 Å². The molecule has 2 aliphatic heterocycles. The highest BCUT2D eigenvalue weighted by Crippen LogP contribution is 2.24. The van der Waals surface area contributed by atoms with Crippen molar-refractivity contribution in [2.75, 3.05) is 31.5 Å². The van der Waals surface area contributed by atoms with E-state index in [4.69, 9.17) is 0 Å². The van der Waals surface area contributed by atoms with Crippen molar-refractivity contribution in [3.8, 4) is 6.07 Å². The SMILES string of the molecule is N#CC1CCCN1C(=O)CN1CCC(Nc2ccnc3ccccc23)CC1. The summed E-state index contributed by atoms with van der Waals surface area (Å²) in [4.78, 5) is 20.9. The largest absolute Gasteiger partial charge is 0.382 e. The van der Waals surface area contributed by atoms with Gasteiger partial charge >= 0.3 is 0 Å². The van der Waals surface area contributed by atoms with Crippen LogP contribution in [0.5, 0.6) is 0 Å². The average Bonchev–Trinajstić information content (AvgIpc) is 3.19. The fourth-order valence-electron chi connectivity index (χ4n) is 4.16. The summed E-state index contributed by atoms with van der Waals surface area (Å²) >= 11 is 0. The lowest BCUT2D eigenvalue weighted by molar-refractivity contribution is -0.132. The highest BCUT2D eigenvalue weighted by Gasteiger charge is 2.30. The molecule has 2 aliphatic rings. The molecule has 6 nitrogen and oxygen atoms in total. The Morgan fingerprint density at radius 1 is 1.19 bits per heavy atom. The molecule has 1 atom stereocenters. The molecular weight excluding hydrogens is 338 g/mol. The number of hydrogen-bond donors (Lipinski definition) is 1. The van der Waals surface area contributed by atoms with Crippen molar-refractivity contribution < 1.29 is 4.79 Å². The zero-order chi connectivity index (χ0) is 18.6. The standard InChI is InChI=1S/C21H25N5O/c22-14-17-4-3-11-26(17)21(27)15-25-12-8-16(9-13-25)24-20-7-10-23-19-6-2-1-5-18(19)20/h1-2,5-7,10,16-17H,3-4,8-9,11-13,15H2,(H,23,24). The Balaban J connectivity index is 1.31. The van der Waals surface area contributed by atoms with E-state index in [0.29, 0.717) is 12.6 Å². The Labute approximate surface area is 159 Å². The molecule has 0 aliphatic carbocycles. The topological polar surface area (TPSA) is 72.3 Å². The predicted molar refractivity (Wildman–Crippen MR) is 105 cm³/mol. The van der Waals surface area contributed by atoms with Crippen LogP contribution in [0.3, 0.4) is 0 Å². The quantitative estimate of drug-likeness (QED) is 0.904.